The number of hydrogen-bond acceptors (Lipinski definition) is 2. The van der Waals surface area contributed by atoms with E-state index in [1.54, 1.807) is 6.20 Å². The first-order chi connectivity index (χ1) is 8.49. The van der Waals surface area contributed by atoms with Crippen LogP contribution in [0.4, 0.5) is 0 Å². The molecule has 18 heavy (non-hydrogen) atoms. The van der Waals surface area contributed by atoms with Crippen LogP contribution < -0.4 is 0 Å². The monoisotopic (exact) mass is 395 g/mol. The molecule has 1 aromatic heterocycles. The van der Waals surface area contributed by atoms with E-state index in [0.29, 0.717) is 9.78 Å². The van der Waals surface area contributed by atoms with Gasteiger partial charge in [-0.05, 0) is 11.8 Å². The topological polar surface area (TPSA) is 12.9 Å². The minimum atomic E-state index is 0.305. The van der Waals surface area contributed by atoms with Crippen molar-refractivity contribution in [1.29, 1.82) is 0 Å². The molecule has 1 nitrogen and oxygen atoms in total. The van der Waals surface area contributed by atoms with Gasteiger partial charge in [-0.2, -0.15) is 11.8 Å². The van der Waals surface area contributed by atoms with Gasteiger partial charge in [0.05, 0.1) is 0 Å². The maximum atomic E-state index is 6.09. The Morgan fingerprint density at radius 3 is 2.56 bits per heavy atom. The summed E-state index contributed by atoms with van der Waals surface area (Å²) in [5.41, 5.74) is 0.796. The molecular weight excluding hydrogens is 380 g/mol. The Balaban J connectivity index is 0.00000137. The van der Waals surface area contributed by atoms with Crippen LogP contribution in [0.2, 0.25) is 0 Å². The first-order valence-electron chi connectivity index (χ1n) is 5.43. The van der Waals surface area contributed by atoms with Crippen LogP contribution in [0.25, 0.3) is 5.03 Å². The van der Waals surface area contributed by atoms with Gasteiger partial charge in [0.15, 0.2) is 0 Å². The Hall–Kier alpha value is 0.482. The number of halogens is 2. The Labute approximate surface area is 134 Å². The third-order valence-electron chi connectivity index (χ3n) is 1.81. The van der Waals surface area contributed by atoms with Crippen LogP contribution in [0.1, 0.15) is 32.9 Å². The zero-order valence-corrected chi connectivity index (χ0v) is 14.5. The van der Waals surface area contributed by atoms with E-state index in [0.717, 1.165) is 17.9 Å². The van der Waals surface area contributed by atoms with Crippen molar-refractivity contribution in [2.45, 2.75) is 31.9 Å². The van der Waals surface area contributed by atoms with Crippen molar-refractivity contribution in [3.05, 3.63) is 36.2 Å². The number of pyridine rings is 1. The first kappa shape index (κ1) is 18.5. The van der Waals surface area contributed by atoms with Crippen molar-refractivity contribution in [2.24, 2.45) is 0 Å². The fraction of sp³-hybridized carbons (Fsp3) is 0.462. The van der Waals surface area contributed by atoms with Crippen molar-refractivity contribution in [2.75, 3.05) is 5.75 Å². The number of nitrogens with zero attached hydrogens (tertiary/aromatic N) is 1. The molecule has 104 valence electrons. The van der Waals surface area contributed by atoms with E-state index in [9.17, 15) is 0 Å². The van der Waals surface area contributed by atoms with E-state index in [2.05, 4.69) is 59.5 Å². The molecule has 0 aromatic carbocycles. The summed E-state index contributed by atoms with van der Waals surface area (Å²) in [4.78, 5) is 4.17. The fourth-order valence-electron chi connectivity index (χ4n) is 1.10. The van der Waals surface area contributed by atoms with E-state index in [1.165, 1.54) is 0 Å². The van der Waals surface area contributed by atoms with Crippen LogP contribution in [0.15, 0.2) is 24.4 Å². The molecule has 0 unspecified atom stereocenters. The van der Waals surface area contributed by atoms with Gasteiger partial charge in [-0.3, -0.25) is 6.08 Å². The molecule has 1 rings (SSSR count). The molecule has 0 spiro atoms. The van der Waals surface area contributed by atoms with Crippen LogP contribution in [-0.4, -0.2) is 15.5 Å². The molecule has 0 saturated heterocycles. The molecular formula is C13H17Cl2NPdS. The molecule has 0 fully saturated rings. The molecule has 0 aliphatic carbocycles. The van der Waals surface area contributed by atoms with Crippen LogP contribution in [0, 0.1) is 6.08 Å². The van der Waals surface area contributed by atoms with Gasteiger partial charge < -0.3 is 4.98 Å². The zero-order chi connectivity index (χ0) is 14.0. The van der Waals surface area contributed by atoms with Gasteiger partial charge in [-0.25, -0.2) is 0 Å². The van der Waals surface area contributed by atoms with Gasteiger partial charge in [0.1, 0.15) is 0 Å². The molecule has 0 N–H and O–H groups in total. The second-order valence-corrected chi connectivity index (χ2v) is 6.72. The molecule has 1 aromatic rings. The van der Waals surface area contributed by atoms with E-state index >= 15 is 0 Å². The van der Waals surface area contributed by atoms with Gasteiger partial charge in [0.25, 0.3) is 0 Å². The average molecular weight is 397 g/mol. The predicted molar refractivity (Wildman–Crippen MR) is 79.4 cm³/mol. The molecule has 0 aliphatic rings. The average Bonchev–Trinajstić information content (AvgIpc) is 2.37. The fourth-order valence-corrected chi connectivity index (χ4v) is 2.12. The summed E-state index contributed by atoms with van der Waals surface area (Å²) in [6.07, 6.45) is 5.77. The number of rotatable bonds is 4. The third-order valence-corrected chi connectivity index (χ3v) is 3.41. The van der Waals surface area contributed by atoms with Crippen LogP contribution in [0.3, 0.4) is 0 Å². The quantitative estimate of drug-likeness (QED) is 0.400. The van der Waals surface area contributed by atoms with Crippen molar-refractivity contribution < 1.29 is 18.2 Å². The SMILES string of the molecule is CC(C)(C)SCC[C-]=C(Cl)c1ccccn1.[Cl][Pd+]. The summed E-state index contributed by atoms with van der Waals surface area (Å²) >= 11 is 10.2. The van der Waals surface area contributed by atoms with Gasteiger partial charge in [-0.1, -0.05) is 32.5 Å². The second kappa shape index (κ2) is 10.3. The summed E-state index contributed by atoms with van der Waals surface area (Å²) in [6, 6.07) is 5.70. The summed E-state index contributed by atoms with van der Waals surface area (Å²) in [5.74, 6) is 1.03. The molecule has 0 bridgehead atoms. The first-order valence-corrected chi connectivity index (χ1v) is 8.79. The minimum absolute atomic E-state index is 0.305. The summed E-state index contributed by atoms with van der Waals surface area (Å²) in [7, 11) is 4.49. The van der Waals surface area contributed by atoms with E-state index in [-0.39, 0.29) is 0 Å². The van der Waals surface area contributed by atoms with Gasteiger partial charge in [0.2, 0.25) is 0 Å². The van der Waals surface area contributed by atoms with Crippen molar-refractivity contribution in [1.82, 2.24) is 4.98 Å². The van der Waals surface area contributed by atoms with E-state index in [4.69, 9.17) is 11.6 Å². The molecule has 0 aliphatic heterocycles. The predicted octanol–water partition coefficient (Wildman–Crippen LogP) is 5.07. The summed E-state index contributed by atoms with van der Waals surface area (Å²) in [5, 5.41) is 0.620. The van der Waals surface area contributed by atoms with E-state index < -0.39 is 0 Å². The van der Waals surface area contributed by atoms with Crippen LogP contribution in [-0.2, 0) is 18.2 Å². The Bertz CT molecular complexity index is 350. The molecule has 0 amide bonds. The molecule has 0 atom stereocenters. The Morgan fingerprint density at radius 2 is 2.06 bits per heavy atom. The number of thioether (sulfide) groups is 1. The second-order valence-electron chi connectivity index (χ2n) is 4.42. The van der Waals surface area contributed by atoms with Crippen molar-refractivity contribution >= 4 is 37.9 Å². The number of aromatic nitrogens is 1. The Morgan fingerprint density at radius 1 is 1.39 bits per heavy atom. The maximum absolute atomic E-state index is 6.09. The summed E-state index contributed by atoms with van der Waals surface area (Å²) < 4.78 is 0.305. The Kier molecular flexibility index (Phi) is 10.6. The van der Waals surface area contributed by atoms with Crippen molar-refractivity contribution in [3.8, 4) is 0 Å². The molecule has 1 heterocycles. The van der Waals surface area contributed by atoms with E-state index in [1.807, 2.05) is 30.0 Å². The molecule has 0 saturated carbocycles. The third kappa shape index (κ3) is 9.42. The zero-order valence-electron chi connectivity index (χ0n) is 10.7. The van der Waals surface area contributed by atoms with Crippen LogP contribution in [0.5, 0.6) is 0 Å². The molecule has 5 heteroatoms. The molecule has 0 radical (unpaired) electrons. The standard InChI is InChI=1S/C13H17ClNS.ClH.Pd/c1-13(2,3)16-10-6-7-11(14)12-8-4-5-9-15-12;;/h4-5,8-9H,6,10H2,1-3H3;1H;/q-1;;+2/p-1. The number of hydrogen-bond donors (Lipinski definition) is 0. The van der Waals surface area contributed by atoms with Gasteiger partial charge in [-0.15, -0.1) is 29.1 Å². The van der Waals surface area contributed by atoms with Gasteiger partial charge >= 0.3 is 27.7 Å². The van der Waals surface area contributed by atoms with Crippen molar-refractivity contribution in [3.63, 3.8) is 0 Å². The van der Waals surface area contributed by atoms with Crippen LogP contribution >= 0.6 is 32.9 Å². The normalized spacial score (nSPS) is 11.8. The van der Waals surface area contributed by atoms with Gasteiger partial charge in [0, 0.05) is 10.9 Å². The number of allylic oxidation sites excluding steroid dienone is 1. The summed E-state index contributed by atoms with van der Waals surface area (Å²) in [6.45, 7) is 6.63.